The number of nitrogens with one attached hydrogen (secondary N) is 1. The van der Waals surface area contributed by atoms with Crippen molar-refractivity contribution in [2.45, 2.75) is 44.6 Å². The van der Waals surface area contributed by atoms with E-state index in [0.717, 1.165) is 37.7 Å². The van der Waals surface area contributed by atoms with Crippen LogP contribution in [0.5, 0.6) is 0 Å². The number of carbonyl (C=O) groups excluding carboxylic acids is 2. The highest BCUT2D eigenvalue weighted by molar-refractivity contribution is 5.85. The molecule has 2 amide bonds. The highest BCUT2D eigenvalue weighted by Crippen LogP contribution is 2.33. The summed E-state index contributed by atoms with van der Waals surface area (Å²) in [6.07, 6.45) is 4.59. The van der Waals surface area contributed by atoms with Crippen LogP contribution in [0.1, 0.15) is 48.3 Å². The number of piperidine rings is 1. The van der Waals surface area contributed by atoms with Crippen LogP contribution in [0.4, 0.5) is 0 Å². The molecule has 1 fully saturated rings. The number of fused-ring (bicyclic) bond motifs is 1. The zero-order valence-electron chi connectivity index (χ0n) is 16.3. The zero-order valence-corrected chi connectivity index (χ0v) is 16.3. The molecule has 1 atom stereocenters. The number of hydrogen-bond acceptors (Lipinski definition) is 2. The Labute approximate surface area is 166 Å². The molecule has 4 heteroatoms. The predicted octanol–water partition coefficient (Wildman–Crippen LogP) is 3.66. The van der Waals surface area contributed by atoms with Crippen LogP contribution in [0.15, 0.2) is 54.6 Å². The van der Waals surface area contributed by atoms with Gasteiger partial charge in [0.1, 0.15) is 0 Å². The maximum atomic E-state index is 13.1. The summed E-state index contributed by atoms with van der Waals surface area (Å²) >= 11 is 0. The molecule has 146 valence electrons. The Bertz CT molecular complexity index is 826. The van der Waals surface area contributed by atoms with Gasteiger partial charge in [-0.3, -0.25) is 9.59 Å². The lowest BCUT2D eigenvalue weighted by atomic mass is 9.81. The topological polar surface area (TPSA) is 49.4 Å². The van der Waals surface area contributed by atoms with Crippen molar-refractivity contribution in [3.05, 3.63) is 71.3 Å². The maximum absolute atomic E-state index is 13.1. The molecule has 4 nitrogen and oxygen atoms in total. The number of rotatable bonds is 4. The molecule has 1 N–H and O–H groups in total. The second kappa shape index (κ2) is 8.59. The van der Waals surface area contributed by atoms with Crippen LogP contribution in [0, 0.1) is 5.92 Å². The van der Waals surface area contributed by atoms with Gasteiger partial charge in [0.25, 0.3) is 0 Å². The third-order valence-corrected chi connectivity index (χ3v) is 6.15. The summed E-state index contributed by atoms with van der Waals surface area (Å²) in [5.41, 5.74) is 3.64. The number of amides is 2. The molecular weight excluding hydrogens is 348 g/mol. The first-order chi connectivity index (χ1) is 13.7. The monoisotopic (exact) mass is 376 g/mol. The summed E-state index contributed by atoms with van der Waals surface area (Å²) in [4.78, 5) is 27.6. The first-order valence-corrected chi connectivity index (χ1v) is 10.4. The second-order valence-electron chi connectivity index (χ2n) is 7.95. The van der Waals surface area contributed by atoms with Crippen molar-refractivity contribution in [2.24, 2.45) is 5.92 Å². The molecule has 4 rings (SSSR count). The Morgan fingerprint density at radius 2 is 1.64 bits per heavy atom. The molecule has 1 aliphatic heterocycles. The highest BCUT2D eigenvalue weighted by Gasteiger charge is 2.33. The van der Waals surface area contributed by atoms with Gasteiger partial charge in [-0.25, -0.2) is 0 Å². The third-order valence-electron chi connectivity index (χ3n) is 6.15. The number of aryl methyl sites for hydroxylation is 1. The number of carbonyl (C=O) groups is 2. The van der Waals surface area contributed by atoms with Crippen molar-refractivity contribution in [2.75, 3.05) is 13.1 Å². The Kier molecular flexibility index (Phi) is 5.75. The average molecular weight is 377 g/mol. The standard InChI is InChI=1S/C24H28N2O2/c27-23(25-17-18-7-2-1-3-8-18)20-13-15-26(16-14-20)24(28)22-12-6-10-19-9-4-5-11-21(19)22/h1-5,7-9,11,20,22H,6,10,12-17H2,(H,25,27)/t22-/m0/s1. The fourth-order valence-electron chi connectivity index (χ4n) is 4.52. The number of likely N-dealkylation sites (tertiary alicyclic amines) is 1. The summed E-state index contributed by atoms with van der Waals surface area (Å²) in [5, 5.41) is 3.05. The van der Waals surface area contributed by atoms with E-state index in [0.29, 0.717) is 19.6 Å². The van der Waals surface area contributed by atoms with Gasteiger partial charge >= 0.3 is 0 Å². The molecule has 0 bridgehead atoms. The van der Waals surface area contributed by atoms with E-state index in [4.69, 9.17) is 0 Å². The Morgan fingerprint density at radius 3 is 2.43 bits per heavy atom. The lowest BCUT2D eigenvalue weighted by Crippen LogP contribution is -2.45. The van der Waals surface area contributed by atoms with E-state index >= 15 is 0 Å². The molecule has 0 radical (unpaired) electrons. The highest BCUT2D eigenvalue weighted by atomic mass is 16.2. The maximum Gasteiger partial charge on any atom is 0.230 e. The Hall–Kier alpha value is -2.62. The van der Waals surface area contributed by atoms with Crippen LogP contribution < -0.4 is 5.32 Å². The van der Waals surface area contributed by atoms with E-state index in [1.807, 2.05) is 41.3 Å². The SMILES string of the molecule is O=C(NCc1ccccc1)C1CCN(C(=O)[C@H]2CCCc3ccccc32)CC1. The van der Waals surface area contributed by atoms with E-state index in [2.05, 4.69) is 23.5 Å². The minimum absolute atomic E-state index is 0.00593. The summed E-state index contributed by atoms with van der Waals surface area (Å²) in [5.74, 6) is 0.356. The zero-order chi connectivity index (χ0) is 19.3. The van der Waals surface area contributed by atoms with Crippen molar-refractivity contribution in [3.8, 4) is 0 Å². The first-order valence-electron chi connectivity index (χ1n) is 10.4. The van der Waals surface area contributed by atoms with E-state index in [1.165, 1.54) is 11.1 Å². The lowest BCUT2D eigenvalue weighted by Gasteiger charge is -2.35. The van der Waals surface area contributed by atoms with Gasteiger partial charge in [-0.15, -0.1) is 0 Å². The van der Waals surface area contributed by atoms with E-state index in [-0.39, 0.29) is 23.7 Å². The molecule has 0 aromatic heterocycles. The van der Waals surface area contributed by atoms with Gasteiger partial charge in [0.15, 0.2) is 0 Å². The molecule has 0 saturated carbocycles. The summed E-state index contributed by atoms with van der Waals surface area (Å²) < 4.78 is 0. The van der Waals surface area contributed by atoms with E-state index in [1.54, 1.807) is 0 Å². The lowest BCUT2D eigenvalue weighted by molar-refractivity contribution is -0.137. The van der Waals surface area contributed by atoms with Gasteiger partial charge in [0.2, 0.25) is 11.8 Å². The van der Waals surface area contributed by atoms with Crippen LogP contribution in [0.2, 0.25) is 0 Å². The number of hydrogen-bond donors (Lipinski definition) is 1. The Balaban J connectivity index is 1.30. The van der Waals surface area contributed by atoms with Gasteiger partial charge < -0.3 is 10.2 Å². The second-order valence-corrected chi connectivity index (χ2v) is 7.95. The van der Waals surface area contributed by atoms with Gasteiger partial charge in [0, 0.05) is 25.6 Å². The molecule has 2 aromatic carbocycles. The van der Waals surface area contributed by atoms with Gasteiger partial charge in [-0.05, 0) is 48.8 Å². The molecule has 2 aliphatic rings. The summed E-state index contributed by atoms with van der Waals surface area (Å²) in [6, 6.07) is 18.3. The molecule has 1 saturated heterocycles. The van der Waals surface area contributed by atoms with Crippen LogP contribution in [-0.2, 0) is 22.6 Å². The normalized spacial score (nSPS) is 19.7. The van der Waals surface area contributed by atoms with Crippen molar-refractivity contribution in [3.63, 3.8) is 0 Å². The van der Waals surface area contributed by atoms with Crippen LogP contribution in [-0.4, -0.2) is 29.8 Å². The number of benzene rings is 2. The number of nitrogens with zero attached hydrogens (tertiary/aromatic N) is 1. The van der Waals surface area contributed by atoms with Crippen LogP contribution in [0.25, 0.3) is 0 Å². The third kappa shape index (κ3) is 4.11. The minimum Gasteiger partial charge on any atom is -0.352 e. The summed E-state index contributed by atoms with van der Waals surface area (Å²) in [7, 11) is 0. The minimum atomic E-state index is -0.00610. The molecule has 0 unspecified atom stereocenters. The quantitative estimate of drug-likeness (QED) is 0.885. The fourth-order valence-corrected chi connectivity index (χ4v) is 4.52. The van der Waals surface area contributed by atoms with Crippen molar-refractivity contribution in [1.82, 2.24) is 10.2 Å². The molecule has 28 heavy (non-hydrogen) atoms. The van der Waals surface area contributed by atoms with Crippen molar-refractivity contribution < 1.29 is 9.59 Å². The predicted molar refractivity (Wildman–Crippen MR) is 110 cm³/mol. The van der Waals surface area contributed by atoms with Crippen LogP contribution in [0.3, 0.4) is 0 Å². The molecule has 1 heterocycles. The van der Waals surface area contributed by atoms with Gasteiger partial charge in [0.05, 0.1) is 5.92 Å². The first kappa shape index (κ1) is 18.7. The van der Waals surface area contributed by atoms with Crippen molar-refractivity contribution in [1.29, 1.82) is 0 Å². The van der Waals surface area contributed by atoms with Crippen molar-refractivity contribution >= 4 is 11.8 Å². The van der Waals surface area contributed by atoms with E-state index < -0.39 is 0 Å². The molecule has 1 aliphatic carbocycles. The summed E-state index contributed by atoms with van der Waals surface area (Å²) in [6.45, 7) is 1.93. The van der Waals surface area contributed by atoms with Crippen LogP contribution >= 0.6 is 0 Å². The smallest absolute Gasteiger partial charge is 0.230 e. The Morgan fingerprint density at radius 1 is 0.929 bits per heavy atom. The fraction of sp³-hybridized carbons (Fsp3) is 0.417. The molecule has 2 aromatic rings. The molecular formula is C24H28N2O2. The van der Waals surface area contributed by atoms with E-state index in [9.17, 15) is 9.59 Å². The van der Waals surface area contributed by atoms with Gasteiger partial charge in [-0.2, -0.15) is 0 Å². The van der Waals surface area contributed by atoms with Gasteiger partial charge in [-0.1, -0.05) is 54.6 Å². The average Bonchev–Trinajstić information content (AvgIpc) is 2.77. The largest absolute Gasteiger partial charge is 0.352 e. The molecule has 0 spiro atoms.